The van der Waals surface area contributed by atoms with Gasteiger partial charge in [0.2, 0.25) is 5.24 Å². The number of aliphatic carboxylic acids is 1. The van der Waals surface area contributed by atoms with Gasteiger partial charge in [-0.15, -0.1) is 0 Å². The van der Waals surface area contributed by atoms with Crippen molar-refractivity contribution in [2.75, 3.05) is 0 Å². The number of carbonyl (C=O) groups is 4. The lowest BCUT2D eigenvalue weighted by Crippen LogP contribution is -1.94. The van der Waals surface area contributed by atoms with Crippen LogP contribution in [-0.4, -0.2) is 26.8 Å². The van der Waals surface area contributed by atoms with Gasteiger partial charge >= 0.3 is 16.5 Å². The van der Waals surface area contributed by atoms with E-state index in [1.807, 2.05) is 0 Å². The summed E-state index contributed by atoms with van der Waals surface area (Å²) in [6.07, 6.45) is 29.3. The van der Waals surface area contributed by atoms with Crippen molar-refractivity contribution in [3.63, 3.8) is 0 Å². The molecular weight excluding hydrogens is 547 g/mol. The molecule has 0 heterocycles. The lowest BCUT2D eigenvalue weighted by atomic mass is 10.1. The van der Waals surface area contributed by atoms with Crippen LogP contribution in [0.5, 0.6) is 0 Å². The van der Waals surface area contributed by atoms with Crippen LogP contribution in [0.15, 0.2) is 0 Å². The molecule has 0 saturated carbocycles. The first-order valence-corrected chi connectivity index (χ1v) is 16.1. The third kappa shape index (κ3) is 48.4. The molecule has 0 aromatic rings. The van der Waals surface area contributed by atoms with Gasteiger partial charge in [-0.1, -0.05) is 142 Å². The number of carboxylic acid groups (broad SMARTS) is 1. The molecule has 0 saturated heterocycles. The maximum Gasteiger partial charge on any atom is 0.304 e. The predicted octanol–water partition coefficient (Wildman–Crippen LogP) is 10.7. The third-order valence-corrected chi connectivity index (χ3v) is 6.75. The van der Waals surface area contributed by atoms with E-state index in [0.717, 1.165) is 25.7 Å². The van der Waals surface area contributed by atoms with Gasteiger partial charge in [-0.3, -0.25) is 19.2 Å². The first-order chi connectivity index (χ1) is 18.2. The summed E-state index contributed by atoms with van der Waals surface area (Å²) in [6.45, 7) is 4.50. The molecule has 0 aromatic heterocycles. The van der Waals surface area contributed by atoms with Crippen molar-refractivity contribution in [2.24, 2.45) is 0 Å². The van der Waals surface area contributed by atoms with Gasteiger partial charge in [-0.2, -0.15) is 0 Å². The van der Waals surface area contributed by atoms with Gasteiger partial charge in [0.15, 0.2) is 0 Å². The molecule has 226 valence electrons. The summed E-state index contributed by atoms with van der Waals surface area (Å²) in [7, 11) is 0. The Morgan fingerprint density at radius 2 is 0.658 bits per heavy atom. The highest BCUT2D eigenvalue weighted by molar-refractivity contribution is 6.97. The second-order valence-corrected chi connectivity index (χ2v) is 11.0. The first kappa shape index (κ1) is 41.8. The van der Waals surface area contributed by atoms with Crippen LogP contribution in [0.3, 0.4) is 0 Å². The van der Waals surface area contributed by atoms with Crippen molar-refractivity contribution in [2.45, 2.75) is 168 Å². The minimum atomic E-state index is -1.14. The smallest absolute Gasteiger partial charge is 0.304 e. The van der Waals surface area contributed by atoms with E-state index < -0.39 is 16.5 Å². The van der Waals surface area contributed by atoms with Crippen molar-refractivity contribution >= 4 is 56.5 Å². The number of halogens is 3. The van der Waals surface area contributed by atoms with E-state index in [9.17, 15) is 19.2 Å². The van der Waals surface area contributed by atoms with Gasteiger partial charge in [0.1, 0.15) is 0 Å². The fourth-order valence-electron chi connectivity index (χ4n) is 3.87. The van der Waals surface area contributed by atoms with Crippen molar-refractivity contribution in [3.05, 3.63) is 0 Å². The molecule has 0 aromatic carbocycles. The van der Waals surface area contributed by atoms with Crippen LogP contribution in [0.4, 0.5) is 0 Å². The van der Waals surface area contributed by atoms with Crippen LogP contribution in [0.25, 0.3) is 0 Å². The Balaban J connectivity index is -0.000000532. The number of carbonyl (C=O) groups excluding carboxylic acids is 3. The number of carboxylic acids is 1. The molecule has 0 rings (SSSR count). The summed E-state index contributed by atoms with van der Waals surface area (Å²) in [6, 6.07) is 0. The van der Waals surface area contributed by atoms with Crippen molar-refractivity contribution in [3.8, 4) is 0 Å². The lowest BCUT2D eigenvalue weighted by Gasteiger charge is -2.01. The molecule has 0 aliphatic rings. The van der Waals surface area contributed by atoms with Gasteiger partial charge in [0.05, 0.1) is 0 Å². The van der Waals surface area contributed by atoms with Gasteiger partial charge in [-0.05, 0) is 47.6 Å². The Morgan fingerprint density at radius 3 is 0.868 bits per heavy atom. The molecule has 0 unspecified atom stereocenters. The maximum atomic E-state index is 10.5. The molecule has 1 N–H and O–H groups in total. The van der Waals surface area contributed by atoms with E-state index in [2.05, 4.69) is 37.0 Å². The standard InChI is InChI=1S/C14H27ClO.C14H28O2.C2Cl2O2/c2*1-2-3-4-5-6-7-8-9-10-11-12-13-14(15)16;3-1(5)2(4)6/h2-13H2,1H3;2-13H2,1H3,(H,15,16);. The summed E-state index contributed by atoms with van der Waals surface area (Å²) >= 11 is 14.2. The molecule has 5 nitrogen and oxygen atoms in total. The highest BCUT2D eigenvalue weighted by Crippen LogP contribution is 2.13. The highest BCUT2D eigenvalue weighted by atomic mass is 35.5. The van der Waals surface area contributed by atoms with Crippen molar-refractivity contribution in [1.82, 2.24) is 0 Å². The zero-order valence-electron chi connectivity index (χ0n) is 24.2. The number of rotatable bonds is 25. The summed E-state index contributed by atoms with van der Waals surface area (Å²) in [5.74, 6) is -0.657. The molecule has 0 atom stereocenters. The number of unbranched alkanes of at least 4 members (excludes halogenated alkanes) is 20. The molecule has 0 spiro atoms. The van der Waals surface area contributed by atoms with Crippen LogP contribution in [-0.2, 0) is 19.2 Å². The second kappa shape index (κ2) is 36.4. The summed E-state index contributed by atoms with van der Waals surface area (Å²) in [4.78, 5) is 39.6. The van der Waals surface area contributed by atoms with Crippen LogP contribution in [0.2, 0.25) is 0 Å². The Bertz CT molecular complexity index is 508. The maximum absolute atomic E-state index is 10.5. The van der Waals surface area contributed by atoms with E-state index in [-0.39, 0.29) is 5.24 Å². The van der Waals surface area contributed by atoms with Gasteiger partial charge in [0.25, 0.3) is 0 Å². The minimum Gasteiger partial charge on any atom is -0.481 e. The van der Waals surface area contributed by atoms with Gasteiger partial charge in [0, 0.05) is 12.8 Å². The van der Waals surface area contributed by atoms with Crippen molar-refractivity contribution in [1.29, 1.82) is 0 Å². The number of hydrogen-bond donors (Lipinski definition) is 1. The van der Waals surface area contributed by atoms with E-state index in [4.69, 9.17) is 16.7 Å². The molecule has 0 aliphatic heterocycles. The Kier molecular flexibility index (Phi) is 40.0. The molecular formula is C30H55Cl3O5. The zero-order valence-corrected chi connectivity index (χ0v) is 26.5. The normalized spacial score (nSPS) is 10.1. The average molecular weight is 602 g/mol. The monoisotopic (exact) mass is 600 g/mol. The summed E-state index contributed by atoms with van der Waals surface area (Å²) < 4.78 is 0. The van der Waals surface area contributed by atoms with Crippen molar-refractivity contribution < 1.29 is 24.3 Å². The fraction of sp³-hybridized carbons (Fsp3) is 0.867. The van der Waals surface area contributed by atoms with E-state index >= 15 is 0 Å². The molecule has 0 bridgehead atoms. The van der Waals surface area contributed by atoms with Gasteiger partial charge in [-0.25, -0.2) is 0 Å². The van der Waals surface area contributed by atoms with E-state index in [1.54, 1.807) is 0 Å². The summed E-state index contributed by atoms with van der Waals surface area (Å²) in [5.41, 5.74) is 0. The lowest BCUT2D eigenvalue weighted by molar-refractivity contribution is -0.137. The first-order valence-electron chi connectivity index (χ1n) is 15.0. The van der Waals surface area contributed by atoms with E-state index in [1.165, 1.54) is 116 Å². The summed E-state index contributed by atoms with van der Waals surface area (Å²) in [5, 5.41) is 5.99. The largest absolute Gasteiger partial charge is 0.481 e. The number of hydrogen-bond acceptors (Lipinski definition) is 4. The second-order valence-electron chi connectivity index (χ2n) is 9.87. The molecule has 8 heteroatoms. The quantitative estimate of drug-likeness (QED) is 0.0638. The molecule has 0 amide bonds. The fourth-order valence-corrected chi connectivity index (χ4v) is 4.00. The topological polar surface area (TPSA) is 88.5 Å². The average Bonchev–Trinajstić information content (AvgIpc) is 2.86. The van der Waals surface area contributed by atoms with E-state index in [0.29, 0.717) is 12.8 Å². The molecule has 38 heavy (non-hydrogen) atoms. The van der Waals surface area contributed by atoms with Gasteiger partial charge < -0.3 is 5.11 Å². The van der Waals surface area contributed by atoms with Crippen LogP contribution in [0, 0.1) is 0 Å². The third-order valence-electron chi connectivity index (χ3n) is 6.13. The molecule has 0 radical (unpaired) electrons. The predicted molar refractivity (Wildman–Crippen MR) is 162 cm³/mol. The minimum absolute atomic E-state index is 0.184. The molecule has 0 aliphatic carbocycles. The van der Waals surface area contributed by atoms with Crippen LogP contribution < -0.4 is 0 Å². The highest BCUT2D eigenvalue weighted by Gasteiger charge is 2.02. The van der Waals surface area contributed by atoms with Crippen LogP contribution >= 0.6 is 34.8 Å². The Morgan fingerprint density at radius 1 is 0.421 bits per heavy atom. The SMILES string of the molecule is CCCCCCCCCCCCCC(=O)Cl.CCCCCCCCCCCCCC(=O)O.O=C(Cl)C(=O)Cl. The molecule has 0 fully saturated rings. The Hall–Kier alpha value is -0.650. The Labute approximate surface area is 248 Å². The zero-order chi connectivity index (χ0) is 29.3. The van der Waals surface area contributed by atoms with Crippen LogP contribution in [0.1, 0.15) is 168 Å².